The second-order valence-electron chi connectivity index (χ2n) is 3.07. The summed E-state index contributed by atoms with van der Waals surface area (Å²) in [5.41, 5.74) is 0. The van der Waals surface area contributed by atoms with Crippen LogP contribution in [0.2, 0.25) is 0 Å². The molecule has 1 rings (SSSR count). The first-order valence-corrected chi connectivity index (χ1v) is 4.28. The highest BCUT2D eigenvalue weighted by Crippen LogP contribution is 2.06. The van der Waals surface area contributed by atoms with Gasteiger partial charge in [0.1, 0.15) is 0 Å². The molecule has 0 aromatic carbocycles. The van der Waals surface area contributed by atoms with E-state index in [4.69, 9.17) is 5.11 Å². The average molecular weight is 173 g/mol. The topological polar surface area (TPSA) is 49.8 Å². The number of hydrogen-bond donors (Lipinski definition) is 1. The van der Waals surface area contributed by atoms with Crippen molar-refractivity contribution in [2.75, 3.05) is 19.6 Å². The number of carbonyl (C=O) groups excluding carboxylic acids is 1. The van der Waals surface area contributed by atoms with Crippen LogP contribution in [-0.4, -0.2) is 41.9 Å². The third-order valence-electron chi connectivity index (χ3n) is 1.85. The van der Waals surface area contributed by atoms with E-state index in [0.717, 1.165) is 25.9 Å². The van der Waals surface area contributed by atoms with E-state index in [2.05, 4.69) is 4.74 Å². The number of aliphatic hydroxyl groups is 1. The van der Waals surface area contributed by atoms with Gasteiger partial charge in [0.2, 0.25) is 0 Å². The number of esters is 1. The lowest BCUT2D eigenvalue weighted by atomic mass is 10.4. The van der Waals surface area contributed by atoms with E-state index in [9.17, 15) is 4.79 Å². The minimum Gasteiger partial charge on any atom is -0.435 e. The molecule has 0 spiro atoms. The molecule has 0 saturated carbocycles. The Kier molecular flexibility index (Phi) is 3.49. The lowest BCUT2D eigenvalue weighted by Crippen LogP contribution is -2.30. The molecule has 1 heterocycles. The van der Waals surface area contributed by atoms with E-state index in [-0.39, 0.29) is 5.97 Å². The summed E-state index contributed by atoms with van der Waals surface area (Å²) in [6.45, 7) is 3.68. The Morgan fingerprint density at radius 3 is 2.67 bits per heavy atom. The van der Waals surface area contributed by atoms with E-state index in [1.807, 2.05) is 4.90 Å². The van der Waals surface area contributed by atoms with Gasteiger partial charge in [-0.2, -0.15) is 0 Å². The van der Waals surface area contributed by atoms with Crippen LogP contribution in [0.15, 0.2) is 0 Å². The van der Waals surface area contributed by atoms with Gasteiger partial charge in [0.15, 0.2) is 6.29 Å². The molecule has 1 aliphatic heterocycles. The summed E-state index contributed by atoms with van der Waals surface area (Å²) in [5.74, 6) is -0.341. The number of likely N-dealkylation sites (tertiary alicyclic amines) is 1. The molecule has 0 radical (unpaired) electrons. The van der Waals surface area contributed by atoms with Crippen LogP contribution in [0.5, 0.6) is 0 Å². The van der Waals surface area contributed by atoms with Crippen molar-refractivity contribution in [1.82, 2.24) is 4.90 Å². The maximum absolute atomic E-state index is 11.0. The fraction of sp³-hybridized carbons (Fsp3) is 0.875. The second-order valence-corrected chi connectivity index (χ2v) is 3.07. The van der Waals surface area contributed by atoms with Crippen LogP contribution >= 0.6 is 0 Å². The molecule has 0 aliphatic carbocycles. The monoisotopic (exact) mass is 173 g/mol. The van der Waals surface area contributed by atoms with Gasteiger partial charge in [-0.25, -0.2) is 0 Å². The Morgan fingerprint density at radius 1 is 1.58 bits per heavy atom. The summed E-state index contributed by atoms with van der Waals surface area (Å²) < 4.78 is 4.59. The van der Waals surface area contributed by atoms with Crippen LogP contribution in [0, 0.1) is 0 Å². The molecule has 1 fully saturated rings. The molecule has 1 N–H and O–H groups in total. The highest BCUT2D eigenvalue weighted by atomic mass is 16.6. The first-order valence-electron chi connectivity index (χ1n) is 4.28. The van der Waals surface area contributed by atoms with Gasteiger partial charge in [-0.05, 0) is 32.9 Å². The summed E-state index contributed by atoms with van der Waals surface area (Å²) in [6, 6.07) is 0. The van der Waals surface area contributed by atoms with Crippen molar-refractivity contribution in [3.8, 4) is 0 Å². The lowest BCUT2D eigenvalue weighted by Gasteiger charge is -2.14. The number of nitrogens with zero attached hydrogens (tertiary/aromatic N) is 1. The van der Waals surface area contributed by atoms with E-state index in [0.29, 0.717) is 6.54 Å². The zero-order valence-corrected chi connectivity index (χ0v) is 7.32. The SMILES string of the molecule is CC(O)OC(=O)CN1CCCC1. The van der Waals surface area contributed by atoms with E-state index >= 15 is 0 Å². The van der Waals surface area contributed by atoms with Gasteiger partial charge in [-0.1, -0.05) is 0 Å². The Balaban J connectivity index is 2.16. The number of rotatable bonds is 3. The Hall–Kier alpha value is -0.610. The Labute approximate surface area is 72.1 Å². The van der Waals surface area contributed by atoms with Crippen molar-refractivity contribution in [1.29, 1.82) is 0 Å². The highest BCUT2D eigenvalue weighted by Gasteiger charge is 2.16. The van der Waals surface area contributed by atoms with Crippen molar-refractivity contribution in [3.05, 3.63) is 0 Å². The summed E-state index contributed by atoms with van der Waals surface area (Å²) >= 11 is 0. The third kappa shape index (κ3) is 3.19. The first kappa shape index (κ1) is 9.48. The van der Waals surface area contributed by atoms with Crippen molar-refractivity contribution in [3.63, 3.8) is 0 Å². The maximum atomic E-state index is 11.0. The number of ether oxygens (including phenoxy) is 1. The predicted molar refractivity (Wildman–Crippen MR) is 43.4 cm³/mol. The van der Waals surface area contributed by atoms with Gasteiger partial charge in [-0.3, -0.25) is 9.69 Å². The lowest BCUT2D eigenvalue weighted by molar-refractivity contribution is -0.165. The van der Waals surface area contributed by atoms with Gasteiger partial charge in [-0.15, -0.1) is 0 Å². The largest absolute Gasteiger partial charge is 0.435 e. The quantitative estimate of drug-likeness (QED) is 0.480. The molecule has 0 aromatic heterocycles. The van der Waals surface area contributed by atoms with Crippen LogP contribution < -0.4 is 0 Å². The third-order valence-corrected chi connectivity index (χ3v) is 1.85. The number of hydrogen-bond acceptors (Lipinski definition) is 4. The Morgan fingerprint density at radius 2 is 2.17 bits per heavy atom. The average Bonchev–Trinajstić information content (AvgIpc) is 2.37. The van der Waals surface area contributed by atoms with E-state index in [1.54, 1.807) is 0 Å². The summed E-state index contributed by atoms with van der Waals surface area (Å²) in [5, 5.41) is 8.74. The summed E-state index contributed by atoms with van der Waals surface area (Å²) in [7, 11) is 0. The number of aliphatic hydroxyl groups excluding tert-OH is 1. The highest BCUT2D eigenvalue weighted by molar-refractivity contribution is 5.71. The second kappa shape index (κ2) is 4.42. The Bertz CT molecular complexity index is 152. The van der Waals surface area contributed by atoms with Crippen LogP contribution in [0.1, 0.15) is 19.8 Å². The molecule has 12 heavy (non-hydrogen) atoms. The fourth-order valence-corrected chi connectivity index (χ4v) is 1.35. The van der Waals surface area contributed by atoms with Crippen molar-refractivity contribution in [2.45, 2.75) is 26.1 Å². The molecule has 4 heteroatoms. The van der Waals surface area contributed by atoms with E-state index in [1.165, 1.54) is 6.92 Å². The van der Waals surface area contributed by atoms with Crippen molar-refractivity contribution < 1.29 is 14.6 Å². The minimum absolute atomic E-state index is 0.310. The van der Waals surface area contributed by atoms with Crippen LogP contribution in [0.4, 0.5) is 0 Å². The molecule has 1 aliphatic rings. The zero-order valence-electron chi connectivity index (χ0n) is 7.32. The van der Waals surface area contributed by atoms with E-state index < -0.39 is 6.29 Å². The van der Waals surface area contributed by atoms with Gasteiger partial charge >= 0.3 is 5.97 Å². The van der Waals surface area contributed by atoms with Crippen molar-refractivity contribution in [2.24, 2.45) is 0 Å². The molecular weight excluding hydrogens is 158 g/mol. The molecule has 1 unspecified atom stereocenters. The normalized spacial score (nSPS) is 20.8. The molecule has 0 amide bonds. The molecule has 1 atom stereocenters. The molecule has 70 valence electrons. The smallest absolute Gasteiger partial charge is 0.322 e. The van der Waals surface area contributed by atoms with Crippen LogP contribution in [0.3, 0.4) is 0 Å². The first-order chi connectivity index (χ1) is 5.68. The molecule has 0 aromatic rings. The minimum atomic E-state index is -0.986. The fourth-order valence-electron chi connectivity index (χ4n) is 1.35. The maximum Gasteiger partial charge on any atom is 0.322 e. The van der Waals surface area contributed by atoms with Crippen LogP contribution in [-0.2, 0) is 9.53 Å². The standard InChI is InChI=1S/C8H15NO3/c1-7(10)12-8(11)6-9-4-2-3-5-9/h7,10H,2-6H2,1H3. The molecular formula is C8H15NO3. The zero-order chi connectivity index (χ0) is 8.97. The summed E-state index contributed by atoms with van der Waals surface area (Å²) in [6.07, 6.45) is 1.32. The molecule has 1 saturated heterocycles. The van der Waals surface area contributed by atoms with Gasteiger partial charge in [0.25, 0.3) is 0 Å². The molecule has 0 bridgehead atoms. The van der Waals surface area contributed by atoms with Gasteiger partial charge in [0.05, 0.1) is 6.54 Å². The predicted octanol–water partition coefficient (Wildman–Crippen LogP) is -0.0363. The van der Waals surface area contributed by atoms with Gasteiger partial charge in [0, 0.05) is 0 Å². The van der Waals surface area contributed by atoms with Gasteiger partial charge < -0.3 is 9.84 Å². The summed E-state index contributed by atoms with van der Waals surface area (Å²) in [4.78, 5) is 13.0. The molecule has 4 nitrogen and oxygen atoms in total. The van der Waals surface area contributed by atoms with Crippen LogP contribution in [0.25, 0.3) is 0 Å². The van der Waals surface area contributed by atoms with Crippen molar-refractivity contribution >= 4 is 5.97 Å². The number of carbonyl (C=O) groups is 1.